The number of hydrogen-bond acceptors (Lipinski definition) is 1. The van der Waals surface area contributed by atoms with Gasteiger partial charge in [0.05, 0.1) is 6.04 Å². The summed E-state index contributed by atoms with van der Waals surface area (Å²) in [5.41, 5.74) is 2.68. The van der Waals surface area contributed by atoms with E-state index in [-0.39, 0.29) is 6.04 Å². The van der Waals surface area contributed by atoms with Gasteiger partial charge in [-0.25, -0.2) is 0 Å². The quantitative estimate of drug-likeness (QED) is 0.768. The van der Waals surface area contributed by atoms with Gasteiger partial charge < -0.3 is 10.6 Å². The summed E-state index contributed by atoms with van der Waals surface area (Å²) in [5.74, 6) is 0. The number of nitrogens with one attached hydrogen (secondary N) is 2. The van der Waals surface area contributed by atoms with Crippen LogP contribution in [0.4, 0.5) is 0 Å². The molecule has 0 saturated heterocycles. The van der Waals surface area contributed by atoms with Crippen LogP contribution in [0.25, 0.3) is 0 Å². The molecule has 0 aliphatic heterocycles. The van der Waals surface area contributed by atoms with Gasteiger partial charge in [-0.05, 0) is 43.1 Å². The molecule has 1 atom stereocenters. The molecule has 18 heavy (non-hydrogen) atoms. The summed E-state index contributed by atoms with van der Waals surface area (Å²) in [6.07, 6.45) is 3.43. The zero-order valence-corrected chi connectivity index (χ0v) is 12.4. The van der Waals surface area contributed by atoms with Crippen LogP contribution >= 0.6 is 12.2 Å². The first-order chi connectivity index (χ1) is 8.67. The van der Waals surface area contributed by atoms with Crippen molar-refractivity contribution in [2.75, 3.05) is 6.54 Å². The lowest BCUT2D eigenvalue weighted by molar-refractivity contribution is 0.694. The molecule has 0 fully saturated rings. The topological polar surface area (TPSA) is 24.1 Å². The Kier molecular flexibility index (Phi) is 6.73. The van der Waals surface area contributed by atoms with Crippen LogP contribution in [0.1, 0.15) is 50.8 Å². The molecular formula is C15H24N2S. The van der Waals surface area contributed by atoms with Crippen molar-refractivity contribution in [3.05, 3.63) is 35.4 Å². The van der Waals surface area contributed by atoms with Crippen molar-refractivity contribution < 1.29 is 0 Å². The van der Waals surface area contributed by atoms with E-state index in [0.29, 0.717) is 0 Å². The summed E-state index contributed by atoms with van der Waals surface area (Å²) in [4.78, 5) is 0. The maximum absolute atomic E-state index is 5.24. The van der Waals surface area contributed by atoms with E-state index in [9.17, 15) is 0 Å². The third-order valence-corrected chi connectivity index (χ3v) is 3.16. The van der Waals surface area contributed by atoms with Crippen molar-refractivity contribution in [3.8, 4) is 0 Å². The Balaban J connectivity index is 2.50. The number of rotatable bonds is 6. The van der Waals surface area contributed by atoms with Crippen LogP contribution < -0.4 is 10.6 Å². The molecule has 1 aromatic rings. The third-order valence-electron chi connectivity index (χ3n) is 2.90. The largest absolute Gasteiger partial charge is 0.363 e. The van der Waals surface area contributed by atoms with Gasteiger partial charge in [0.1, 0.15) is 0 Å². The van der Waals surface area contributed by atoms with Gasteiger partial charge >= 0.3 is 0 Å². The van der Waals surface area contributed by atoms with Crippen LogP contribution in [-0.4, -0.2) is 11.7 Å². The van der Waals surface area contributed by atoms with Gasteiger partial charge in [-0.15, -0.1) is 0 Å². The number of thiocarbonyl (C=S) groups is 1. The third kappa shape index (κ3) is 5.05. The Bertz CT molecular complexity index is 359. The molecule has 0 bridgehead atoms. The lowest BCUT2D eigenvalue weighted by atomic mass is 10.0. The summed E-state index contributed by atoms with van der Waals surface area (Å²) in [6.45, 7) is 7.39. The molecule has 3 heteroatoms. The first-order valence-electron chi connectivity index (χ1n) is 6.80. The summed E-state index contributed by atoms with van der Waals surface area (Å²) in [5, 5.41) is 7.23. The lowest BCUT2D eigenvalue weighted by Crippen LogP contribution is -2.37. The zero-order chi connectivity index (χ0) is 13.4. The molecule has 2 nitrogen and oxygen atoms in total. The molecule has 0 aliphatic rings. The minimum absolute atomic E-state index is 0.248. The lowest BCUT2D eigenvalue weighted by Gasteiger charge is -2.17. The normalized spacial score (nSPS) is 11.9. The second kappa shape index (κ2) is 8.09. The fourth-order valence-electron chi connectivity index (χ4n) is 1.83. The Morgan fingerprint density at radius 2 is 1.83 bits per heavy atom. The zero-order valence-electron chi connectivity index (χ0n) is 11.6. The molecule has 0 heterocycles. The highest BCUT2D eigenvalue weighted by molar-refractivity contribution is 7.80. The molecular weight excluding hydrogens is 240 g/mol. The average molecular weight is 264 g/mol. The van der Waals surface area contributed by atoms with Crippen molar-refractivity contribution >= 4 is 17.3 Å². The van der Waals surface area contributed by atoms with Crippen LogP contribution in [0.15, 0.2) is 24.3 Å². The highest BCUT2D eigenvalue weighted by atomic mass is 32.1. The monoisotopic (exact) mass is 264 g/mol. The molecule has 0 radical (unpaired) electrons. The summed E-state index contributed by atoms with van der Waals surface area (Å²) in [7, 11) is 0. The molecule has 1 unspecified atom stereocenters. The van der Waals surface area contributed by atoms with Crippen LogP contribution in [-0.2, 0) is 6.42 Å². The number of aryl methyl sites for hydroxylation is 1. The molecule has 0 saturated carbocycles. The highest BCUT2D eigenvalue weighted by Crippen LogP contribution is 2.14. The van der Waals surface area contributed by atoms with E-state index in [4.69, 9.17) is 12.2 Å². The van der Waals surface area contributed by atoms with Crippen molar-refractivity contribution in [2.24, 2.45) is 0 Å². The van der Waals surface area contributed by atoms with Crippen LogP contribution in [0.5, 0.6) is 0 Å². The molecule has 1 aromatic carbocycles. The van der Waals surface area contributed by atoms with Crippen molar-refractivity contribution in [2.45, 2.75) is 46.1 Å². The smallest absolute Gasteiger partial charge is 0.166 e. The molecule has 0 spiro atoms. The molecule has 100 valence electrons. The minimum Gasteiger partial charge on any atom is -0.363 e. The van der Waals surface area contributed by atoms with E-state index in [0.717, 1.165) is 24.5 Å². The SMILES string of the molecule is CCCNC(=S)NC(C)c1ccc(CCC)cc1. The number of hydrogen-bond donors (Lipinski definition) is 2. The van der Waals surface area contributed by atoms with Crippen LogP contribution in [0.3, 0.4) is 0 Å². The van der Waals surface area contributed by atoms with Gasteiger partial charge in [0.25, 0.3) is 0 Å². The summed E-state index contributed by atoms with van der Waals surface area (Å²) < 4.78 is 0. The minimum atomic E-state index is 0.248. The highest BCUT2D eigenvalue weighted by Gasteiger charge is 2.06. The average Bonchev–Trinajstić information content (AvgIpc) is 2.37. The fraction of sp³-hybridized carbons (Fsp3) is 0.533. The summed E-state index contributed by atoms with van der Waals surface area (Å²) in [6, 6.07) is 9.03. The van der Waals surface area contributed by atoms with E-state index in [1.807, 2.05) is 0 Å². The van der Waals surface area contributed by atoms with Crippen molar-refractivity contribution in [1.29, 1.82) is 0 Å². The van der Waals surface area contributed by atoms with Gasteiger partial charge in [-0.3, -0.25) is 0 Å². The van der Waals surface area contributed by atoms with Gasteiger partial charge in [-0.2, -0.15) is 0 Å². The van der Waals surface area contributed by atoms with Gasteiger partial charge in [0.15, 0.2) is 5.11 Å². The molecule has 2 N–H and O–H groups in total. The molecule has 0 aromatic heterocycles. The van der Waals surface area contributed by atoms with Gasteiger partial charge in [-0.1, -0.05) is 44.5 Å². The van der Waals surface area contributed by atoms with Gasteiger partial charge in [0.2, 0.25) is 0 Å². The Labute approximate surface area is 116 Å². The van der Waals surface area contributed by atoms with Crippen molar-refractivity contribution in [1.82, 2.24) is 10.6 Å². The van der Waals surface area contributed by atoms with E-state index in [1.165, 1.54) is 17.5 Å². The first kappa shape index (κ1) is 15.0. The number of benzene rings is 1. The maximum atomic E-state index is 5.24. The van der Waals surface area contributed by atoms with Crippen LogP contribution in [0.2, 0.25) is 0 Å². The Morgan fingerprint density at radius 1 is 1.17 bits per heavy atom. The van der Waals surface area contributed by atoms with E-state index in [2.05, 4.69) is 55.7 Å². The Hall–Kier alpha value is -1.09. The molecule has 0 amide bonds. The van der Waals surface area contributed by atoms with Crippen molar-refractivity contribution in [3.63, 3.8) is 0 Å². The predicted octanol–water partition coefficient (Wildman–Crippen LogP) is 3.57. The Morgan fingerprint density at radius 3 is 2.39 bits per heavy atom. The predicted molar refractivity (Wildman–Crippen MR) is 82.9 cm³/mol. The van der Waals surface area contributed by atoms with Gasteiger partial charge in [0, 0.05) is 6.54 Å². The van der Waals surface area contributed by atoms with E-state index >= 15 is 0 Å². The second-order valence-corrected chi connectivity index (χ2v) is 5.02. The molecule has 0 aliphatic carbocycles. The maximum Gasteiger partial charge on any atom is 0.166 e. The van der Waals surface area contributed by atoms with E-state index < -0.39 is 0 Å². The van der Waals surface area contributed by atoms with Crippen LogP contribution in [0, 0.1) is 0 Å². The molecule has 1 rings (SSSR count). The second-order valence-electron chi connectivity index (χ2n) is 4.61. The fourth-order valence-corrected chi connectivity index (χ4v) is 2.11. The standard InChI is InChI=1S/C15H24N2S/c1-4-6-13-7-9-14(10-8-13)12(3)17-15(18)16-11-5-2/h7-10,12H,4-6,11H2,1-3H3,(H2,16,17,18). The van der Waals surface area contributed by atoms with E-state index in [1.54, 1.807) is 0 Å². The first-order valence-corrected chi connectivity index (χ1v) is 7.21. The summed E-state index contributed by atoms with van der Waals surface area (Å²) >= 11 is 5.24.